The van der Waals surface area contributed by atoms with Crippen LogP contribution in [0.15, 0.2) is 64.7 Å². The van der Waals surface area contributed by atoms with Gasteiger partial charge in [0.15, 0.2) is 0 Å². The first kappa shape index (κ1) is 28.4. The zero-order chi connectivity index (χ0) is 26.7. The van der Waals surface area contributed by atoms with Gasteiger partial charge in [0.1, 0.15) is 16.9 Å². The molecule has 1 unspecified atom stereocenters. The molecule has 2 N–H and O–H groups in total. The van der Waals surface area contributed by atoms with Gasteiger partial charge in [-0.2, -0.15) is 4.31 Å². The maximum absolute atomic E-state index is 13.3. The molecule has 3 rings (SSSR count). The number of benzene rings is 1. The van der Waals surface area contributed by atoms with Gasteiger partial charge in [0, 0.05) is 32.7 Å². The van der Waals surface area contributed by atoms with Crippen molar-refractivity contribution >= 4 is 39.3 Å². The molecule has 1 aliphatic rings. The second-order valence-electron chi connectivity index (χ2n) is 8.41. The highest BCUT2D eigenvalue weighted by Crippen LogP contribution is 2.22. The molecule has 12 heteroatoms. The number of nitrogens with zero attached hydrogens (tertiary/aromatic N) is 2. The van der Waals surface area contributed by atoms with Crippen LogP contribution in [-0.2, 0) is 31.0 Å². The molecule has 2 aromatic rings. The predicted octanol–water partition coefficient (Wildman–Crippen LogP) is 2.35. The number of piperazine rings is 1. The Balaban J connectivity index is 1.56. The highest BCUT2D eigenvalue weighted by molar-refractivity contribution is 7.91. The third-order valence-corrected chi connectivity index (χ3v) is 9.12. The minimum atomic E-state index is -3.59. The van der Waals surface area contributed by atoms with E-state index in [4.69, 9.17) is 4.74 Å². The number of amides is 3. The first-order valence-corrected chi connectivity index (χ1v) is 14.3. The van der Waals surface area contributed by atoms with Crippen LogP contribution >= 0.6 is 11.3 Å². The van der Waals surface area contributed by atoms with E-state index in [1.165, 1.54) is 10.4 Å². The summed E-state index contributed by atoms with van der Waals surface area (Å²) in [7, 11) is -3.59. The first-order valence-electron chi connectivity index (χ1n) is 12.0. The summed E-state index contributed by atoms with van der Waals surface area (Å²) in [6.45, 7) is 4.67. The first-order chi connectivity index (χ1) is 17.8. The molecule has 2 heterocycles. The average molecular weight is 549 g/mol. The van der Waals surface area contributed by atoms with Crippen molar-refractivity contribution in [3.63, 3.8) is 0 Å². The Kier molecular flexibility index (Phi) is 10.7. The summed E-state index contributed by atoms with van der Waals surface area (Å²) in [6.07, 6.45) is 2.00. The van der Waals surface area contributed by atoms with Crippen LogP contribution in [0.1, 0.15) is 24.8 Å². The fraction of sp³-hybridized carbons (Fsp3) is 0.400. The maximum Gasteiger partial charge on any atom is 0.408 e. The smallest absolute Gasteiger partial charge is 0.408 e. The molecule has 1 aromatic heterocycles. The molecule has 0 radical (unpaired) electrons. The number of alkyl carbamates (subject to hydrolysis) is 1. The molecule has 0 aliphatic carbocycles. The van der Waals surface area contributed by atoms with Crippen LogP contribution in [0.4, 0.5) is 4.79 Å². The minimum Gasteiger partial charge on any atom is -0.445 e. The number of rotatable bonds is 12. The third kappa shape index (κ3) is 8.41. The number of ether oxygens (including phenoxy) is 1. The molecule has 37 heavy (non-hydrogen) atoms. The lowest BCUT2D eigenvalue weighted by molar-refractivity contribution is -0.134. The maximum atomic E-state index is 13.3. The van der Waals surface area contributed by atoms with Gasteiger partial charge < -0.3 is 20.3 Å². The van der Waals surface area contributed by atoms with Crippen molar-refractivity contribution in [3.8, 4) is 0 Å². The van der Waals surface area contributed by atoms with E-state index in [-0.39, 0.29) is 48.8 Å². The Morgan fingerprint density at radius 1 is 1.05 bits per heavy atom. The number of nitrogens with one attached hydrogen (secondary N) is 2. The van der Waals surface area contributed by atoms with E-state index in [9.17, 15) is 22.8 Å². The summed E-state index contributed by atoms with van der Waals surface area (Å²) >= 11 is 1.16. The average Bonchev–Trinajstić information content (AvgIpc) is 3.47. The molecule has 3 amide bonds. The van der Waals surface area contributed by atoms with Crippen LogP contribution in [0, 0.1) is 0 Å². The van der Waals surface area contributed by atoms with Gasteiger partial charge in [0.25, 0.3) is 10.0 Å². The van der Waals surface area contributed by atoms with Crippen molar-refractivity contribution < 1.29 is 27.5 Å². The van der Waals surface area contributed by atoms with Crippen LogP contribution in [0.3, 0.4) is 0 Å². The van der Waals surface area contributed by atoms with E-state index in [0.717, 1.165) is 16.9 Å². The Bertz CT molecular complexity index is 1150. The zero-order valence-corrected chi connectivity index (χ0v) is 22.1. The van der Waals surface area contributed by atoms with Crippen LogP contribution in [0.2, 0.25) is 0 Å². The number of unbranched alkanes of at least 4 members (excludes halogenated alkanes) is 1. The quantitative estimate of drug-likeness (QED) is 0.310. The van der Waals surface area contributed by atoms with Gasteiger partial charge in [-0.15, -0.1) is 11.3 Å². The minimum absolute atomic E-state index is 0.0699. The molecule has 0 spiro atoms. The standard InChI is InChI=1S/C25H32N4O6S2/c1-2-22(30)26-13-7-6-11-21(27-25(32)35-19-20-9-4-3-5-10-20)24(31)28-14-16-29(17-15-28)37(33,34)23-12-8-18-36-23/h2-5,8-10,12,18,21H,1,6-7,11,13-17,19H2,(H,26,30)(H,27,32). The van der Waals surface area contributed by atoms with Crippen LogP contribution in [0.5, 0.6) is 0 Å². The Hall–Kier alpha value is -3.22. The second-order valence-corrected chi connectivity index (χ2v) is 11.5. The zero-order valence-electron chi connectivity index (χ0n) is 20.5. The largest absolute Gasteiger partial charge is 0.445 e. The Labute approximate surface area is 221 Å². The van der Waals surface area contributed by atoms with Crippen LogP contribution in [-0.4, -0.2) is 74.3 Å². The molecular formula is C25H32N4O6S2. The summed E-state index contributed by atoms with van der Waals surface area (Å²) in [5, 5.41) is 7.07. The summed E-state index contributed by atoms with van der Waals surface area (Å²) < 4.78 is 32.5. The summed E-state index contributed by atoms with van der Waals surface area (Å²) in [6, 6.07) is 11.6. The van der Waals surface area contributed by atoms with E-state index < -0.39 is 22.2 Å². The molecule has 0 saturated carbocycles. The van der Waals surface area contributed by atoms with Gasteiger partial charge in [0.05, 0.1) is 0 Å². The summed E-state index contributed by atoms with van der Waals surface area (Å²) in [5.74, 6) is -0.564. The van der Waals surface area contributed by atoms with Gasteiger partial charge in [-0.3, -0.25) is 9.59 Å². The number of hydrogen-bond acceptors (Lipinski definition) is 7. The SMILES string of the molecule is C=CC(=O)NCCCCC(NC(=O)OCc1ccccc1)C(=O)N1CCN(S(=O)(=O)c2cccs2)CC1. The lowest BCUT2D eigenvalue weighted by atomic mass is 10.1. The van der Waals surface area contributed by atoms with Crippen molar-refractivity contribution in [1.29, 1.82) is 0 Å². The topological polar surface area (TPSA) is 125 Å². The highest BCUT2D eigenvalue weighted by atomic mass is 32.2. The monoisotopic (exact) mass is 548 g/mol. The van der Waals surface area contributed by atoms with E-state index in [1.807, 2.05) is 30.3 Å². The number of thiophene rings is 1. The molecule has 1 saturated heterocycles. The van der Waals surface area contributed by atoms with Crippen LogP contribution < -0.4 is 10.6 Å². The lowest BCUT2D eigenvalue weighted by Gasteiger charge is -2.35. The van der Waals surface area contributed by atoms with Crippen molar-refractivity contribution in [2.75, 3.05) is 32.7 Å². The summed E-state index contributed by atoms with van der Waals surface area (Å²) in [4.78, 5) is 38.7. The van der Waals surface area contributed by atoms with Gasteiger partial charge in [-0.05, 0) is 42.3 Å². The molecule has 1 atom stereocenters. The Morgan fingerprint density at radius 2 is 1.78 bits per heavy atom. The molecule has 200 valence electrons. The predicted molar refractivity (Wildman–Crippen MR) is 140 cm³/mol. The van der Waals surface area contributed by atoms with E-state index >= 15 is 0 Å². The van der Waals surface area contributed by atoms with E-state index in [2.05, 4.69) is 17.2 Å². The van der Waals surface area contributed by atoms with Crippen molar-refractivity contribution in [2.24, 2.45) is 0 Å². The van der Waals surface area contributed by atoms with Gasteiger partial charge in [-0.25, -0.2) is 13.2 Å². The molecule has 10 nitrogen and oxygen atoms in total. The second kappa shape index (κ2) is 13.9. The fourth-order valence-electron chi connectivity index (χ4n) is 3.83. The number of sulfonamides is 1. The Morgan fingerprint density at radius 3 is 2.43 bits per heavy atom. The highest BCUT2D eigenvalue weighted by Gasteiger charge is 2.33. The van der Waals surface area contributed by atoms with Gasteiger partial charge in [-0.1, -0.05) is 43.0 Å². The van der Waals surface area contributed by atoms with Crippen molar-refractivity contribution in [2.45, 2.75) is 36.1 Å². The molecule has 0 bridgehead atoms. The van der Waals surface area contributed by atoms with Crippen molar-refractivity contribution in [3.05, 3.63) is 66.1 Å². The molecule has 1 fully saturated rings. The molecular weight excluding hydrogens is 516 g/mol. The number of carbonyl (C=O) groups is 3. The van der Waals surface area contributed by atoms with E-state index in [0.29, 0.717) is 25.8 Å². The molecule has 1 aromatic carbocycles. The fourth-order valence-corrected chi connectivity index (χ4v) is 6.40. The van der Waals surface area contributed by atoms with Crippen molar-refractivity contribution in [1.82, 2.24) is 19.8 Å². The third-order valence-electron chi connectivity index (χ3n) is 5.85. The normalized spacial score (nSPS) is 15.0. The number of hydrogen-bond donors (Lipinski definition) is 2. The number of carbonyl (C=O) groups excluding carboxylic acids is 3. The molecule has 1 aliphatic heterocycles. The summed E-state index contributed by atoms with van der Waals surface area (Å²) in [5.41, 5.74) is 0.821. The van der Waals surface area contributed by atoms with Gasteiger partial charge >= 0.3 is 6.09 Å². The van der Waals surface area contributed by atoms with Gasteiger partial charge in [0.2, 0.25) is 11.8 Å². The lowest BCUT2D eigenvalue weighted by Crippen LogP contribution is -2.55. The van der Waals surface area contributed by atoms with Crippen LogP contribution in [0.25, 0.3) is 0 Å². The van der Waals surface area contributed by atoms with E-state index in [1.54, 1.807) is 22.4 Å².